The molecule has 0 fully saturated rings. The van der Waals surface area contributed by atoms with Crippen molar-refractivity contribution in [3.63, 3.8) is 0 Å². The number of hydrogen-bond donors (Lipinski definition) is 1. The summed E-state index contributed by atoms with van der Waals surface area (Å²) in [6.07, 6.45) is 0. The van der Waals surface area contributed by atoms with Crippen LogP contribution in [-0.2, 0) is 6.54 Å². The highest BCUT2D eigenvalue weighted by Crippen LogP contribution is 2.12. The van der Waals surface area contributed by atoms with E-state index in [2.05, 4.69) is 5.32 Å². The molecule has 0 aliphatic rings. The number of thiocarbonyl (C=S) groups is 1. The van der Waals surface area contributed by atoms with Crippen molar-refractivity contribution in [2.45, 2.75) is 13.5 Å². The van der Waals surface area contributed by atoms with Gasteiger partial charge in [-0.1, -0.05) is 42.0 Å². The molecule has 4 nitrogen and oxygen atoms in total. The molecular weight excluding hydrogens is 272 g/mol. The molecule has 0 saturated carbocycles. The fourth-order valence-corrected chi connectivity index (χ4v) is 1.93. The molecule has 0 spiro atoms. The fourth-order valence-electron chi connectivity index (χ4n) is 1.72. The van der Waals surface area contributed by atoms with Gasteiger partial charge in [0, 0.05) is 24.2 Å². The van der Waals surface area contributed by atoms with Crippen LogP contribution in [0.15, 0.2) is 48.5 Å². The van der Waals surface area contributed by atoms with Crippen LogP contribution in [0.1, 0.15) is 16.7 Å². The molecule has 0 aliphatic heterocycles. The number of hydrogen-bond acceptors (Lipinski definition) is 3. The highest BCUT2D eigenvalue weighted by atomic mass is 32.1. The Bertz CT molecular complexity index is 621. The summed E-state index contributed by atoms with van der Waals surface area (Å²) in [6, 6.07) is 14.4. The highest BCUT2D eigenvalue weighted by Gasteiger charge is 2.06. The van der Waals surface area contributed by atoms with E-state index in [-0.39, 0.29) is 5.69 Å². The van der Waals surface area contributed by atoms with Crippen LogP contribution in [0.4, 0.5) is 5.69 Å². The minimum absolute atomic E-state index is 0.0649. The normalized spacial score (nSPS) is 10.1. The molecule has 0 bridgehead atoms. The lowest BCUT2D eigenvalue weighted by atomic mass is 10.1. The Kier molecular flexibility index (Phi) is 4.42. The van der Waals surface area contributed by atoms with Crippen molar-refractivity contribution < 1.29 is 4.92 Å². The fraction of sp³-hybridized carbons (Fsp3) is 0.133. The average molecular weight is 286 g/mol. The van der Waals surface area contributed by atoms with E-state index in [1.54, 1.807) is 12.1 Å². The second-order valence-electron chi connectivity index (χ2n) is 4.47. The van der Waals surface area contributed by atoms with E-state index in [1.807, 2.05) is 31.2 Å². The first-order valence-corrected chi connectivity index (χ1v) is 6.55. The summed E-state index contributed by atoms with van der Waals surface area (Å²) in [6.45, 7) is 2.68. The molecule has 1 N–H and O–H groups in total. The van der Waals surface area contributed by atoms with E-state index in [4.69, 9.17) is 12.2 Å². The molecule has 2 rings (SSSR count). The van der Waals surface area contributed by atoms with Gasteiger partial charge in [0.15, 0.2) is 0 Å². The quantitative estimate of drug-likeness (QED) is 0.532. The van der Waals surface area contributed by atoms with Crippen LogP contribution in [0.5, 0.6) is 0 Å². The maximum atomic E-state index is 10.6. The van der Waals surface area contributed by atoms with Gasteiger partial charge in [-0.3, -0.25) is 10.1 Å². The minimum atomic E-state index is -0.424. The molecule has 0 radical (unpaired) electrons. The van der Waals surface area contributed by atoms with E-state index in [0.717, 1.165) is 11.1 Å². The number of aryl methyl sites for hydroxylation is 1. The van der Waals surface area contributed by atoms with Crippen LogP contribution >= 0.6 is 12.2 Å². The molecule has 102 valence electrons. The van der Waals surface area contributed by atoms with Crippen molar-refractivity contribution in [3.8, 4) is 0 Å². The van der Waals surface area contributed by atoms with Gasteiger partial charge in [0.05, 0.1) is 4.92 Å². The first-order valence-electron chi connectivity index (χ1n) is 6.14. The highest BCUT2D eigenvalue weighted by molar-refractivity contribution is 7.80. The summed E-state index contributed by atoms with van der Waals surface area (Å²) in [5.41, 5.74) is 3.19. The third-order valence-corrected chi connectivity index (χ3v) is 3.29. The molecule has 0 heterocycles. The Labute approximate surface area is 122 Å². The van der Waals surface area contributed by atoms with Gasteiger partial charge in [0.2, 0.25) is 0 Å². The molecule has 0 atom stereocenters. The van der Waals surface area contributed by atoms with Gasteiger partial charge in [-0.25, -0.2) is 0 Å². The predicted molar refractivity (Wildman–Crippen MR) is 82.8 cm³/mol. The van der Waals surface area contributed by atoms with E-state index in [0.29, 0.717) is 11.5 Å². The molecule has 0 saturated heterocycles. The summed E-state index contributed by atoms with van der Waals surface area (Å²) >= 11 is 5.27. The van der Waals surface area contributed by atoms with E-state index < -0.39 is 4.92 Å². The smallest absolute Gasteiger partial charge is 0.269 e. The average Bonchev–Trinajstić information content (AvgIpc) is 2.46. The van der Waals surface area contributed by atoms with Gasteiger partial charge in [-0.15, -0.1) is 0 Å². The maximum Gasteiger partial charge on any atom is 0.269 e. The maximum absolute atomic E-state index is 10.6. The van der Waals surface area contributed by atoms with Crippen molar-refractivity contribution in [1.82, 2.24) is 5.32 Å². The van der Waals surface area contributed by atoms with E-state index in [1.165, 1.54) is 17.7 Å². The third-order valence-electron chi connectivity index (χ3n) is 2.91. The molecule has 20 heavy (non-hydrogen) atoms. The predicted octanol–water partition coefficient (Wildman–Crippen LogP) is 3.37. The van der Waals surface area contributed by atoms with Crippen molar-refractivity contribution in [2.75, 3.05) is 0 Å². The van der Waals surface area contributed by atoms with E-state index >= 15 is 0 Å². The minimum Gasteiger partial charge on any atom is -0.372 e. The number of nitrogens with one attached hydrogen (secondary N) is 1. The number of nitro benzene ring substituents is 1. The van der Waals surface area contributed by atoms with Crippen LogP contribution < -0.4 is 5.32 Å². The molecule has 0 amide bonds. The second kappa shape index (κ2) is 6.25. The lowest BCUT2D eigenvalue weighted by Crippen LogP contribution is -2.21. The van der Waals surface area contributed by atoms with Crippen molar-refractivity contribution >= 4 is 22.9 Å². The third kappa shape index (κ3) is 3.61. The number of benzene rings is 2. The number of nitro groups is 1. The van der Waals surface area contributed by atoms with Crippen LogP contribution in [0, 0.1) is 17.0 Å². The Morgan fingerprint density at radius 1 is 1.15 bits per heavy atom. The second-order valence-corrected chi connectivity index (χ2v) is 4.88. The molecule has 0 aromatic heterocycles. The SMILES string of the molecule is Cc1ccc(CNC(=S)c2ccc([N+](=O)[O-])cc2)cc1. The van der Waals surface area contributed by atoms with Crippen LogP contribution in [0.3, 0.4) is 0 Å². The number of nitrogens with zero attached hydrogens (tertiary/aromatic N) is 1. The Balaban J connectivity index is 1.97. The van der Waals surface area contributed by atoms with Gasteiger partial charge < -0.3 is 5.32 Å². The van der Waals surface area contributed by atoms with Crippen molar-refractivity contribution in [1.29, 1.82) is 0 Å². The largest absolute Gasteiger partial charge is 0.372 e. The lowest BCUT2D eigenvalue weighted by Gasteiger charge is -2.08. The summed E-state index contributed by atoms with van der Waals surface area (Å²) < 4.78 is 0. The van der Waals surface area contributed by atoms with Crippen LogP contribution in [-0.4, -0.2) is 9.91 Å². The molecular formula is C15H14N2O2S. The Morgan fingerprint density at radius 3 is 2.30 bits per heavy atom. The molecule has 5 heteroatoms. The summed E-state index contributed by atoms with van der Waals surface area (Å²) in [5.74, 6) is 0. The van der Waals surface area contributed by atoms with Gasteiger partial charge in [-0.05, 0) is 24.6 Å². The zero-order chi connectivity index (χ0) is 14.5. The zero-order valence-corrected chi connectivity index (χ0v) is 11.8. The molecule has 0 aliphatic carbocycles. The summed E-state index contributed by atoms with van der Waals surface area (Å²) in [5, 5.41) is 13.7. The van der Waals surface area contributed by atoms with Gasteiger partial charge in [0.25, 0.3) is 5.69 Å². The van der Waals surface area contributed by atoms with Gasteiger partial charge >= 0.3 is 0 Å². The topological polar surface area (TPSA) is 55.2 Å². The standard InChI is InChI=1S/C15H14N2O2S/c1-11-2-4-12(5-3-11)10-16-15(20)13-6-8-14(9-7-13)17(18)19/h2-9H,10H2,1H3,(H,16,20). The van der Waals surface area contributed by atoms with Crippen LogP contribution in [0.25, 0.3) is 0 Å². The lowest BCUT2D eigenvalue weighted by molar-refractivity contribution is -0.384. The first-order chi connectivity index (χ1) is 9.56. The summed E-state index contributed by atoms with van der Waals surface area (Å²) in [4.78, 5) is 10.7. The monoisotopic (exact) mass is 286 g/mol. The Hall–Kier alpha value is -2.27. The van der Waals surface area contributed by atoms with E-state index in [9.17, 15) is 10.1 Å². The van der Waals surface area contributed by atoms with Crippen molar-refractivity contribution in [3.05, 3.63) is 75.3 Å². The Morgan fingerprint density at radius 2 is 1.75 bits per heavy atom. The molecule has 0 unspecified atom stereocenters. The number of rotatable bonds is 4. The zero-order valence-electron chi connectivity index (χ0n) is 11.0. The number of non-ortho nitro benzene ring substituents is 1. The molecule has 2 aromatic carbocycles. The van der Waals surface area contributed by atoms with Crippen LogP contribution in [0.2, 0.25) is 0 Å². The van der Waals surface area contributed by atoms with Gasteiger partial charge in [-0.2, -0.15) is 0 Å². The summed E-state index contributed by atoms with van der Waals surface area (Å²) in [7, 11) is 0. The van der Waals surface area contributed by atoms with Gasteiger partial charge in [0.1, 0.15) is 4.99 Å². The first kappa shape index (κ1) is 14.1. The van der Waals surface area contributed by atoms with Crippen molar-refractivity contribution in [2.24, 2.45) is 0 Å². The molecule has 2 aromatic rings.